The van der Waals surface area contributed by atoms with Gasteiger partial charge >= 0.3 is 0 Å². The molecule has 0 saturated carbocycles. The van der Waals surface area contributed by atoms with E-state index in [0.717, 1.165) is 0 Å². The molecular weight excluding hydrogens is 196 g/mol. The van der Waals surface area contributed by atoms with Crippen molar-refractivity contribution in [2.45, 2.75) is 12.8 Å². The van der Waals surface area contributed by atoms with Crippen molar-refractivity contribution in [1.29, 1.82) is 0 Å². The van der Waals surface area contributed by atoms with Gasteiger partial charge in [0, 0.05) is 23.5 Å². The summed E-state index contributed by atoms with van der Waals surface area (Å²) in [6, 6.07) is 9.01. The summed E-state index contributed by atoms with van der Waals surface area (Å²) < 4.78 is 0. The van der Waals surface area contributed by atoms with E-state index < -0.39 is 4.92 Å². The summed E-state index contributed by atoms with van der Waals surface area (Å²) in [5.74, 6) is -0.192. The zero-order valence-corrected chi connectivity index (χ0v) is 8.18. The third kappa shape index (κ3) is 4.75. The van der Waals surface area contributed by atoms with Crippen molar-refractivity contribution >= 4 is 11.6 Å². The van der Waals surface area contributed by atoms with Gasteiger partial charge in [-0.15, -0.1) is 0 Å². The number of carbonyl (C=O) groups is 1. The van der Waals surface area contributed by atoms with E-state index in [0.29, 0.717) is 5.69 Å². The third-order valence-corrected chi connectivity index (χ3v) is 1.80. The first-order valence-electron chi connectivity index (χ1n) is 4.65. The van der Waals surface area contributed by atoms with E-state index in [4.69, 9.17) is 0 Å². The highest BCUT2D eigenvalue weighted by Crippen LogP contribution is 2.05. The van der Waals surface area contributed by atoms with E-state index in [2.05, 4.69) is 5.32 Å². The van der Waals surface area contributed by atoms with Crippen molar-refractivity contribution in [2.75, 3.05) is 11.9 Å². The minimum atomic E-state index is -0.421. The molecule has 1 rings (SSSR count). The molecule has 80 valence electrons. The first-order valence-corrected chi connectivity index (χ1v) is 4.65. The van der Waals surface area contributed by atoms with Gasteiger partial charge in [0.15, 0.2) is 0 Å². The number of para-hydroxylation sites is 1. The fraction of sp³-hybridized carbons (Fsp3) is 0.300. The van der Waals surface area contributed by atoms with Crippen LogP contribution in [0.2, 0.25) is 0 Å². The summed E-state index contributed by atoms with van der Waals surface area (Å²) in [6.07, 6.45) is 0.446. The highest BCUT2D eigenvalue weighted by molar-refractivity contribution is 5.90. The Labute approximate surface area is 87.3 Å². The van der Waals surface area contributed by atoms with E-state index in [1.807, 2.05) is 18.2 Å². The van der Waals surface area contributed by atoms with E-state index >= 15 is 0 Å². The average Bonchev–Trinajstić information content (AvgIpc) is 2.18. The third-order valence-electron chi connectivity index (χ3n) is 1.80. The van der Waals surface area contributed by atoms with Gasteiger partial charge < -0.3 is 5.32 Å². The molecule has 0 aliphatic rings. The number of nitrogens with one attached hydrogen (secondary N) is 1. The second-order valence-electron chi connectivity index (χ2n) is 3.07. The fourth-order valence-corrected chi connectivity index (χ4v) is 1.11. The van der Waals surface area contributed by atoms with Crippen molar-refractivity contribution in [1.82, 2.24) is 0 Å². The lowest BCUT2D eigenvalue weighted by molar-refractivity contribution is -0.480. The zero-order valence-electron chi connectivity index (χ0n) is 8.18. The van der Waals surface area contributed by atoms with Crippen LogP contribution < -0.4 is 5.32 Å². The van der Waals surface area contributed by atoms with Crippen LogP contribution in [-0.4, -0.2) is 17.4 Å². The number of amides is 1. The van der Waals surface area contributed by atoms with Gasteiger partial charge in [-0.25, -0.2) is 0 Å². The number of hydrogen-bond acceptors (Lipinski definition) is 3. The Morgan fingerprint density at radius 3 is 2.60 bits per heavy atom. The van der Waals surface area contributed by atoms with Gasteiger partial charge in [-0.3, -0.25) is 14.9 Å². The van der Waals surface area contributed by atoms with Crippen LogP contribution in [0.3, 0.4) is 0 Å². The van der Waals surface area contributed by atoms with E-state index in [9.17, 15) is 14.9 Å². The molecule has 5 heteroatoms. The van der Waals surface area contributed by atoms with Crippen molar-refractivity contribution in [3.05, 3.63) is 40.4 Å². The van der Waals surface area contributed by atoms with Gasteiger partial charge in [0.2, 0.25) is 12.5 Å². The molecule has 0 atom stereocenters. The normalized spacial score (nSPS) is 9.60. The Balaban J connectivity index is 2.28. The van der Waals surface area contributed by atoms with Crippen molar-refractivity contribution in [2.24, 2.45) is 0 Å². The molecule has 1 N–H and O–H groups in total. The first-order chi connectivity index (χ1) is 7.18. The Morgan fingerprint density at radius 1 is 1.33 bits per heavy atom. The molecule has 0 aliphatic heterocycles. The van der Waals surface area contributed by atoms with Gasteiger partial charge in [-0.2, -0.15) is 0 Å². The quantitative estimate of drug-likeness (QED) is 0.591. The Morgan fingerprint density at radius 2 is 2.00 bits per heavy atom. The lowest BCUT2D eigenvalue weighted by Crippen LogP contribution is -2.13. The molecule has 0 aromatic heterocycles. The second-order valence-corrected chi connectivity index (χ2v) is 3.07. The fourth-order valence-electron chi connectivity index (χ4n) is 1.11. The molecule has 1 aromatic rings. The summed E-state index contributed by atoms with van der Waals surface area (Å²) in [5, 5.41) is 12.7. The van der Waals surface area contributed by atoms with Gasteiger partial charge in [0.1, 0.15) is 0 Å². The maximum Gasteiger partial charge on any atom is 0.224 e. The van der Waals surface area contributed by atoms with E-state index in [1.54, 1.807) is 12.1 Å². The standard InChI is InChI=1S/C10H12N2O3/c13-10(7-4-8-12(14)15)11-9-5-2-1-3-6-9/h1-3,5-6H,4,7-8H2,(H,11,13). The zero-order chi connectivity index (χ0) is 11.1. The second kappa shape index (κ2) is 5.74. The number of nitro groups is 1. The SMILES string of the molecule is O=C(CCC[N+](=O)[O-])Nc1ccccc1. The van der Waals surface area contributed by atoms with Crippen LogP contribution in [0.15, 0.2) is 30.3 Å². The Bertz CT molecular complexity index is 338. The van der Waals surface area contributed by atoms with Crippen LogP contribution in [0, 0.1) is 10.1 Å². The molecule has 0 unspecified atom stereocenters. The summed E-state index contributed by atoms with van der Waals surface area (Å²) in [5.41, 5.74) is 0.712. The predicted molar refractivity (Wildman–Crippen MR) is 56.2 cm³/mol. The summed E-state index contributed by atoms with van der Waals surface area (Å²) in [7, 11) is 0. The molecule has 0 fully saturated rings. The van der Waals surface area contributed by atoms with Crippen molar-refractivity contribution in [3.63, 3.8) is 0 Å². The maximum atomic E-state index is 11.3. The van der Waals surface area contributed by atoms with Crippen molar-refractivity contribution < 1.29 is 9.72 Å². The van der Waals surface area contributed by atoms with Gasteiger partial charge in [-0.1, -0.05) is 18.2 Å². The molecule has 1 amide bonds. The monoisotopic (exact) mass is 208 g/mol. The molecule has 0 radical (unpaired) electrons. The van der Waals surface area contributed by atoms with Gasteiger partial charge in [0.05, 0.1) is 0 Å². The molecule has 0 aliphatic carbocycles. The minimum absolute atomic E-state index is 0.164. The Hall–Kier alpha value is -1.91. The highest BCUT2D eigenvalue weighted by Gasteiger charge is 2.04. The van der Waals surface area contributed by atoms with Crippen LogP contribution in [0.4, 0.5) is 5.69 Å². The summed E-state index contributed by atoms with van der Waals surface area (Å²) >= 11 is 0. The lowest BCUT2D eigenvalue weighted by Gasteiger charge is -2.02. The topological polar surface area (TPSA) is 72.2 Å². The van der Waals surface area contributed by atoms with Crippen LogP contribution >= 0.6 is 0 Å². The molecule has 1 aromatic carbocycles. The van der Waals surface area contributed by atoms with Crippen LogP contribution in [0.25, 0.3) is 0 Å². The summed E-state index contributed by atoms with van der Waals surface area (Å²) in [6.45, 7) is -0.164. The number of benzene rings is 1. The first kappa shape index (κ1) is 11.2. The van der Waals surface area contributed by atoms with Crippen molar-refractivity contribution in [3.8, 4) is 0 Å². The highest BCUT2D eigenvalue weighted by atomic mass is 16.6. The molecule has 0 bridgehead atoms. The van der Waals surface area contributed by atoms with E-state index in [-0.39, 0.29) is 25.3 Å². The molecule has 5 nitrogen and oxygen atoms in total. The Kier molecular flexibility index (Phi) is 4.28. The number of rotatable bonds is 5. The molecule has 15 heavy (non-hydrogen) atoms. The van der Waals surface area contributed by atoms with Gasteiger partial charge in [-0.05, 0) is 12.1 Å². The van der Waals surface area contributed by atoms with Crippen LogP contribution in [0.5, 0.6) is 0 Å². The minimum Gasteiger partial charge on any atom is -0.326 e. The van der Waals surface area contributed by atoms with Crippen LogP contribution in [-0.2, 0) is 4.79 Å². The molecule has 0 spiro atoms. The lowest BCUT2D eigenvalue weighted by atomic mass is 10.2. The smallest absolute Gasteiger partial charge is 0.224 e. The van der Waals surface area contributed by atoms with Gasteiger partial charge in [0.25, 0.3) is 0 Å². The predicted octanol–water partition coefficient (Wildman–Crippen LogP) is 1.68. The molecule has 0 heterocycles. The largest absolute Gasteiger partial charge is 0.326 e. The number of carbonyl (C=O) groups excluding carboxylic acids is 1. The maximum absolute atomic E-state index is 11.3. The summed E-state index contributed by atoms with van der Waals surface area (Å²) in [4.78, 5) is 20.9. The average molecular weight is 208 g/mol. The van der Waals surface area contributed by atoms with Crippen LogP contribution in [0.1, 0.15) is 12.8 Å². The number of nitrogens with zero attached hydrogens (tertiary/aromatic N) is 1. The molecule has 0 saturated heterocycles. The number of hydrogen-bond donors (Lipinski definition) is 1. The van der Waals surface area contributed by atoms with E-state index in [1.165, 1.54) is 0 Å². The number of anilines is 1. The molecular formula is C10H12N2O3.